The molecule has 1 unspecified atom stereocenters. The SMILES string of the molecule is CC(=N)/C(=C(/C)O)c1cc(O)cc(C(O)c2ccc(C(=O)O)cc2)c1. The first-order chi connectivity index (χ1) is 11.7. The van der Waals surface area contributed by atoms with Gasteiger partial charge in [-0.2, -0.15) is 0 Å². The molecular weight excluding hydrogens is 322 g/mol. The molecule has 0 bridgehead atoms. The van der Waals surface area contributed by atoms with E-state index in [9.17, 15) is 20.1 Å². The van der Waals surface area contributed by atoms with Crippen molar-refractivity contribution < 1.29 is 25.2 Å². The molecule has 0 aliphatic carbocycles. The molecule has 0 amide bonds. The molecule has 2 rings (SSSR count). The molecular formula is C19H19NO5. The normalized spacial score (nSPS) is 13.1. The van der Waals surface area contributed by atoms with Gasteiger partial charge in [-0.05, 0) is 60.9 Å². The van der Waals surface area contributed by atoms with E-state index in [-0.39, 0.29) is 28.4 Å². The number of carboxylic acid groups (broad SMARTS) is 1. The first-order valence-corrected chi connectivity index (χ1v) is 7.51. The molecule has 0 spiro atoms. The largest absolute Gasteiger partial charge is 0.512 e. The number of nitrogens with one attached hydrogen (secondary N) is 1. The Balaban J connectivity index is 2.47. The second-order valence-electron chi connectivity index (χ2n) is 5.73. The van der Waals surface area contributed by atoms with Gasteiger partial charge in [-0.3, -0.25) is 0 Å². The fourth-order valence-electron chi connectivity index (χ4n) is 2.63. The Morgan fingerprint density at radius 2 is 1.56 bits per heavy atom. The van der Waals surface area contributed by atoms with Crippen LogP contribution in [-0.2, 0) is 0 Å². The average molecular weight is 341 g/mol. The Morgan fingerprint density at radius 3 is 2.04 bits per heavy atom. The van der Waals surface area contributed by atoms with Gasteiger partial charge in [0.05, 0.1) is 11.3 Å². The van der Waals surface area contributed by atoms with Crippen LogP contribution in [0.15, 0.2) is 48.2 Å². The third kappa shape index (κ3) is 4.05. The molecule has 130 valence electrons. The zero-order valence-corrected chi connectivity index (χ0v) is 13.8. The maximum absolute atomic E-state index is 10.9. The number of hydrogen-bond donors (Lipinski definition) is 5. The van der Waals surface area contributed by atoms with E-state index in [1.807, 2.05) is 0 Å². The summed E-state index contributed by atoms with van der Waals surface area (Å²) in [5, 5.41) is 47.0. The van der Waals surface area contributed by atoms with Gasteiger partial charge >= 0.3 is 5.97 Å². The van der Waals surface area contributed by atoms with Gasteiger partial charge in [0.15, 0.2) is 0 Å². The Bertz CT molecular complexity index is 849. The molecule has 0 fully saturated rings. The number of carbonyl (C=O) groups is 1. The molecule has 2 aromatic carbocycles. The van der Waals surface area contributed by atoms with Crippen LogP contribution in [0.3, 0.4) is 0 Å². The quantitative estimate of drug-likeness (QED) is 0.421. The number of aromatic carboxylic acids is 1. The van der Waals surface area contributed by atoms with Crippen LogP contribution in [0.4, 0.5) is 0 Å². The van der Waals surface area contributed by atoms with Crippen molar-refractivity contribution in [2.24, 2.45) is 0 Å². The Hall–Kier alpha value is -3.12. The standard InChI is InChI=1S/C19H19NO5/c1-10(20)17(11(2)21)14-7-15(9-16(22)8-14)18(23)12-3-5-13(6-4-12)19(24)25/h3-9,18,20-23H,1-2H3,(H,24,25)/b17-11+,20-10?. The van der Waals surface area contributed by atoms with Crippen molar-refractivity contribution >= 4 is 17.3 Å². The number of carboxylic acids is 1. The summed E-state index contributed by atoms with van der Waals surface area (Å²) in [6, 6.07) is 10.1. The summed E-state index contributed by atoms with van der Waals surface area (Å²) < 4.78 is 0. The van der Waals surface area contributed by atoms with Crippen molar-refractivity contribution in [3.05, 3.63) is 70.5 Å². The number of benzene rings is 2. The zero-order valence-electron chi connectivity index (χ0n) is 13.8. The van der Waals surface area contributed by atoms with Gasteiger partial charge in [-0.15, -0.1) is 0 Å². The fraction of sp³-hybridized carbons (Fsp3) is 0.158. The molecule has 1 atom stereocenters. The first-order valence-electron chi connectivity index (χ1n) is 7.51. The van der Waals surface area contributed by atoms with E-state index >= 15 is 0 Å². The van der Waals surface area contributed by atoms with E-state index in [1.54, 1.807) is 6.07 Å². The number of hydrogen-bond acceptors (Lipinski definition) is 5. The van der Waals surface area contributed by atoms with Crippen molar-refractivity contribution in [2.45, 2.75) is 20.0 Å². The lowest BCUT2D eigenvalue weighted by Gasteiger charge is -2.15. The summed E-state index contributed by atoms with van der Waals surface area (Å²) in [6.45, 7) is 2.96. The number of aliphatic hydroxyl groups excluding tert-OH is 2. The molecule has 0 aliphatic heterocycles. The van der Waals surface area contributed by atoms with E-state index < -0.39 is 12.1 Å². The Labute approximate surface area is 144 Å². The molecule has 0 saturated carbocycles. The predicted molar refractivity (Wildman–Crippen MR) is 94.2 cm³/mol. The third-order valence-corrected chi connectivity index (χ3v) is 3.75. The minimum atomic E-state index is -1.10. The number of aliphatic hydroxyl groups is 2. The Kier molecular flexibility index (Phi) is 5.24. The van der Waals surface area contributed by atoms with E-state index in [2.05, 4.69) is 0 Å². The smallest absolute Gasteiger partial charge is 0.335 e. The molecule has 6 heteroatoms. The molecule has 0 radical (unpaired) electrons. The number of rotatable bonds is 5. The lowest BCUT2D eigenvalue weighted by Crippen LogP contribution is -2.04. The summed E-state index contributed by atoms with van der Waals surface area (Å²) >= 11 is 0. The van der Waals surface area contributed by atoms with Gasteiger partial charge in [0.1, 0.15) is 11.9 Å². The molecule has 6 nitrogen and oxygen atoms in total. The summed E-state index contributed by atoms with van der Waals surface area (Å²) in [5.41, 5.74) is 1.72. The topological polar surface area (TPSA) is 122 Å². The highest BCUT2D eigenvalue weighted by molar-refractivity contribution is 6.21. The monoisotopic (exact) mass is 341 g/mol. The maximum Gasteiger partial charge on any atom is 0.335 e. The number of aromatic hydroxyl groups is 1. The van der Waals surface area contributed by atoms with Crippen molar-refractivity contribution in [1.82, 2.24) is 0 Å². The number of phenolic OH excluding ortho intramolecular Hbond substituents is 1. The highest BCUT2D eigenvalue weighted by atomic mass is 16.4. The van der Waals surface area contributed by atoms with Crippen LogP contribution < -0.4 is 0 Å². The molecule has 0 aromatic heterocycles. The van der Waals surface area contributed by atoms with E-state index in [4.69, 9.17) is 10.5 Å². The first kappa shape index (κ1) is 18.2. The highest BCUT2D eigenvalue weighted by Gasteiger charge is 2.16. The summed E-state index contributed by atoms with van der Waals surface area (Å²) in [4.78, 5) is 10.9. The van der Waals surface area contributed by atoms with Crippen LogP contribution in [-0.4, -0.2) is 32.1 Å². The molecule has 0 heterocycles. The fourth-order valence-corrected chi connectivity index (χ4v) is 2.63. The van der Waals surface area contributed by atoms with E-state index in [1.165, 1.54) is 50.2 Å². The van der Waals surface area contributed by atoms with Crippen LogP contribution in [0.5, 0.6) is 5.75 Å². The third-order valence-electron chi connectivity index (χ3n) is 3.75. The van der Waals surface area contributed by atoms with Gasteiger partial charge in [-0.1, -0.05) is 12.1 Å². The molecule has 5 N–H and O–H groups in total. The highest BCUT2D eigenvalue weighted by Crippen LogP contribution is 2.30. The number of allylic oxidation sites excluding steroid dienone is 2. The molecule has 0 aliphatic rings. The minimum Gasteiger partial charge on any atom is -0.512 e. The second kappa shape index (κ2) is 7.19. The van der Waals surface area contributed by atoms with Crippen LogP contribution in [0, 0.1) is 5.41 Å². The lowest BCUT2D eigenvalue weighted by molar-refractivity contribution is 0.0696. The van der Waals surface area contributed by atoms with Crippen molar-refractivity contribution in [3.63, 3.8) is 0 Å². The summed E-state index contributed by atoms with van der Waals surface area (Å²) in [5.74, 6) is -1.24. The maximum atomic E-state index is 10.9. The van der Waals surface area contributed by atoms with Gasteiger partial charge in [0, 0.05) is 11.3 Å². The molecule has 2 aromatic rings. The van der Waals surface area contributed by atoms with Gasteiger partial charge in [0.2, 0.25) is 0 Å². The van der Waals surface area contributed by atoms with Gasteiger partial charge < -0.3 is 25.8 Å². The average Bonchev–Trinajstić information content (AvgIpc) is 2.53. The predicted octanol–water partition coefficient (Wildman–Crippen LogP) is 3.50. The summed E-state index contributed by atoms with van der Waals surface area (Å²) in [6.07, 6.45) is -1.10. The van der Waals surface area contributed by atoms with Crippen LogP contribution in [0.2, 0.25) is 0 Å². The van der Waals surface area contributed by atoms with Crippen LogP contribution in [0.25, 0.3) is 5.57 Å². The van der Waals surface area contributed by atoms with E-state index in [0.717, 1.165) is 0 Å². The minimum absolute atomic E-state index is 0.0654. The van der Waals surface area contributed by atoms with Gasteiger partial charge in [0.25, 0.3) is 0 Å². The number of phenols is 1. The summed E-state index contributed by atoms with van der Waals surface area (Å²) in [7, 11) is 0. The van der Waals surface area contributed by atoms with Crippen molar-refractivity contribution in [1.29, 1.82) is 5.41 Å². The second-order valence-corrected chi connectivity index (χ2v) is 5.73. The molecule has 0 saturated heterocycles. The van der Waals surface area contributed by atoms with Crippen molar-refractivity contribution in [3.8, 4) is 5.75 Å². The van der Waals surface area contributed by atoms with Gasteiger partial charge in [-0.25, -0.2) is 4.79 Å². The lowest BCUT2D eigenvalue weighted by atomic mass is 9.94. The van der Waals surface area contributed by atoms with E-state index in [0.29, 0.717) is 16.7 Å². The molecule has 25 heavy (non-hydrogen) atoms. The van der Waals surface area contributed by atoms with Crippen LogP contribution >= 0.6 is 0 Å². The van der Waals surface area contributed by atoms with Crippen molar-refractivity contribution in [2.75, 3.05) is 0 Å². The van der Waals surface area contributed by atoms with Crippen LogP contribution in [0.1, 0.15) is 47.0 Å². The Morgan fingerprint density at radius 1 is 0.960 bits per heavy atom. The zero-order chi connectivity index (χ0) is 18.7.